The van der Waals surface area contributed by atoms with Crippen molar-refractivity contribution in [2.24, 2.45) is 0 Å². The molecule has 3 rings (SSSR count). The van der Waals surface area contributed by atoms with Gasteiger partial charge in [-0.3, -0.25) is 9.97 Å². The van der Waals surface area contributed by atoms with E-state index in [0.29, 0.717) is 5.56 Å². The first-order valence-electron chi connectivity index (χ1n) is 9.57. The normalized spacial score (nSPS) is 11.2. The van der Waals surface area contributed by atoms with Gasteiger partial charge in [-0.2, -0.15) is 0 Å². The number of hydrogen-bond donors (Lipinski definition) is 1. The molecule has 0 aliphatic carbocycles. The van der Waals surface area contributed by atoms with Gasteiger partial charge < -0.3 is 19.6 Å². The van der Waals surface area contributed by atoms with Gasteiger partial charge in [-0.1, -0.05) is 6.07 Å². The summed E-state index contributed by atoms with van der Waals surface area (Å²) >= 11 is 0. The molecule has 0 amide bonds. The van der Waals surface area contributed by atoms with Gasteiger partial charge in [0, 0.05) is 30.8 Å². The molecule has 3 aromatic rings. The van der Waals surface area contributed by atoms with Crippen LogP contribution in [0.2, 0.25) is 0 Å². The van der Waals surface area contributed by atoms with Crippen LogP contribution in [0.25, 0.3) is 0 Å². The molecular formula is C23H22ClN3O5. The number of nitrogens with one attached hydrogen (secondary N) is 1. The zero-order valence-electron chi connectivity index (χ0n) is 17.4. The minimum atomic E-state index is -0.677. The van der Waals surface area contributed by atoms with Crippen LogP contribution in [0.3, 0.4) is 0 Å². The van der Waals surface area contributed by atoms with Crippen molar-refractivity contribution in [1.82, 2.24) is 15.3 Å². The molecular weight excluding hydrogens is 434 g/mol. The molecule has 8 nitrogen and oxygen atoms in total. The van der Waals surface area contributed by atoms with Crippen molar-refractivity contribution in [3.63, 3.8) is 0 Å². The number of ether oxygens (including phenoxy) is 2. The average Bonchev–Trinajstić information content (AvgIpc) is 2.79. The van der Waals surface area contributed by atoms with E-state index < -0.39 is 18.0 Å². The number of carbonyl (C=O) groups is 3. The summed E-state index contributed by atoms with van der Waals surface area (Å²) in [5.41, 5.74) is 1.02. The van der Waals surface area contributed by atoms with Crippen molar-refractivity contribution in [3.05, 3.63) is 83.9 Å². The maximum absolute atomic E-state index is 12.6. The molecule has 2 aromatic heterocycles. The molecule has 1 aromatic carbocycles. The molecule has 0 bridgehead atoms. The summed E-state index contributed by atoms with van der Waals surface area (Å²) in [6, 6.07) is 10.3. The summed E-state index contributed by atoms with van der Waals surface area (Å²) in [6.45, 7) is 3.81. The van der Waals surface area contributed by atoms with Gasteiger partial charge in [-0.25, -0.2) is 9.59 Å². The monoisotopic (exact) mass is 455 g/mol. The minimum absolute atomic E-state index is 0. The summed E-state index contributed by atoms with van der Waals surface area (Å²) < 4.78 is 10.9. The van der Waals surface area contributed by atoms with Crippen LogP contribution in [-0.4, -0.2) is 34.2 Å². The van der Waals surface area contributed by atoms with E-state index >= 15 is 0 Å². The second kappa shape index (κ2) is 11.7. The smallest absolute Gasteiger partial charge is 0.345 e. The Bertz CT molecular complexity index is 1060. The Balaban J connectivity index is 0.00000363. The highest BCUT2D eigenvalue weighted by Crippen LogP contribution is 2.32. The van der Waals surface area contributed by atoms with E-state index in [0.717, 1.165) is 6.29 Å². The molecule has 0 aliphatic heterocycles. The lowest BCUT2D eigenvalue weighted by Crippen LogP contribution is -2.29. The lowest BCUT2D eigenvalue weighted by atomic mass is 10.1. The van der Waals surface area contributed by atoms with E-state index in [1.807, 2.05) is 13.8 Å². The Labute approximate surface area is 191 Å². The van der Waals surface area contributed by atoms with E-state index in [1.165, 1.54) is 36.9 Å². The zero-order valence-corrected chi connectivity index (χ0v) is 18.2. The number of aldehydes is 1. The van der Waals surface area contributed by atoms with Crippen molar-refractivity contribution in [3.8, 4) is 11.5 Å². The van der Waals surface area contributed by atoms with E-state index in [4.69, 9.17) is 9.47 Å². The molecule has 1 N–H and O–H groups in total. The number of pyridine rings is 2. The minimum Gasteiger partial charge on any atom is -0.419 e. The summed E-state index contributed by atoms with van der Waals surface area (Å²) in [5, 5.41) is 3.11. The standard InChI is InChI=1S/C23H21N3O5.ClH/c1-15(2)26-19(14-27)16-7-8-20(30-22(28)17-5-3-9-24-12-17)21(11-16)31-23(29)18-6-4-10-25-13-18;/h3-15,19,26H,1-2H3;1H. The number of aromatic nitrogens is 2. The van der Waals surface area contributed by atoms with Crippen LogP contribution in [-0.2, 0) is 4.79 Å². The van der Waals surface area contributed by atoms with Crippen LogP contribution < -0.4 is 14.8 Å². The third-order valence-electron chi connectivity index (χ3n) is 4.18. The van der Waals surface area contributed by atoms with E-state index in [9.17, 15) is 14.4 Å². The SMILES string of the molecule is CC(C)NC(C=O)c1ccc(OC(=O)c2cccnc2)c(OC(=O)c2cccnc2)c1.Cl. The Morgan fingerprint density at radius 3 is 1.94 bits per heavy atom. The molecule has 0 spiro atoms. The van der Waals surface area contributed by atoms with E-state index in [-0.39, 0.29) is 41.1 Å². The van der Waals surface area contributed by atoms with Crippen LogP contribution >= 0.6 is 12.4 Å². The van der Waals surface area contributed by atoms with E-state index in [2.05, 4.69) is 15.3 Å². The van der Waals surface area contributed by atoms with Gasteiger partial charge in [-0.15, -0.1) is 12.4 Å². The molecule has 1 atom stereocenters. The average molecular weight is 456 g/mol. The lowest BCUT2D eigenvalue weighted by Gasteiger charge is -2.18. The number of carbonyl (C=O) groups excluding carboxylic acids is 3. The van der Waals surface area contributed by atoms with Crippen molar-refractivity contribution in [2.75, 3.05) is 0 Å². The van der Waals surface area contributed by atoms with Gasteiger partial charge in [-0.05, 0) is 55.8 Å². The van der Waals surface area contributed by atoms with Crippen LogP contribution in [0.15, 0.2) is 67.3 Å². The van der Waals surface area contributed by atoms with Gasteiger partial charge in [0.1, 0.15) is 6.29 Å². The lowest BCUT2D eigenvalue weighted by molar-refractivity contribution is -0.109. The number of halogens is 1. The van der Waals surface area contributed by atoms with Gasteiger partial charge in [0.15, 0.2) is 11.5 Å². The Morgan fingerprint density at radius 1 is 0.906 bits per heavy atom. The van der Waals surface area contributed by atoms with Gasteiger partial charge in [0.25, 0.3) is 0 Å². The predicted octanol–water partition coefficient (Wildman–Crippen LogP) is 3.57. The third kappa shape index (κ3) is 6.44. The summed E-state index contributed by atoms with van der Waals surface area (Å²) in [5.74, 6) is -1.31. The topological polar surface area (TPSA) is 107 Å². The highest BCUT2D eigenvalue weighted by atomic mass is 35.5. The van der Waals surface area contributed by atoms with Crippen LogP contribution in [0.1, 0.15) is 46.2 Å². The predicted molar refractivity (Wildman–Crippen MR) is 119 cm³/mol. The molecule has 0 saturated carbocycles. The second-order valence-corrected chi connectivity index (χ2v) is 6.90. The second-order valence-electron chi connectivity index (χ2n) is 6.90. The third-order valence-corrected chi connectivity index (χ3v) is 4.18. The molecule has 9 heteroatoms. The number of hydrogen-bond acceptors (Lipinski definition) is 8. The van der Waals surface area contributed by atoms with Crippen molar-refractivity contribution < 1.29 is 23.9 Å². The molecule has 32 heavy (non-hydrogen) atoms. The maximum atomic E-state index is 12.6. The molecule has 0 fully saturated rings. The number of rotatable bonds is 8. The molecule has 0 radical (unpaired) electrons. The number of esters is 2. The highest BCUT2D eigenvalue weighted by molar-refractivity contribution is 5.93. The van der Waals surface area contributed by atoms with Gasteiger partial charge in [0.05, 0.1) is 17.2 Å². The summed E-state index contributed by atoms with van der Waals surface area (Å²) in [7, 11) is 0. The largest absolute Gasteiger partial charge is 0.419 e. The summed E-state index contributed by atoms with van der Waals surface area (Å²) in [4.78, 5) is 44.4. The Kier molecular flexibility index (Phi) is 9.00. The first-order chi connectivity index (χ1) is 15.0. The van der Waals surface area contributed by atoms with Crippen LogP contribution in [0, 0.1) is 0 Å². The fourth-order valence-electron chi connectivity index (χ4n) is 2.74. The molecule has 1 unspecified atom stereocenters. The number of nitrogens with zero attached hydrogens (tertiary/aromatic N) is 2. The molecule has 0 saturated heterocycles. The highest BCUT2D eigenvalue weighted by Gasteiger charge is 2.20. The first kappa shape index (κ1) is 24.6. The summed E-state index contributed by atoms with van der Waals surface area (Å²) in [6.07, 6.45) is 6.55. The van der Waals surface area contributed by atoms with Crippen molar-refractivity contribution in [2.45, 2.75) is 25.9 Å². The Hall–Kier alpha value is -3.62. The number of benzene rings is 1. The van der Waals surface area contributed by atoms with Crippen LogP contribution in [0.5, 0.6) is 11.5 Å². The molecule has 0 aliphatic rings. The van der Waals surface area contributed by atoms with Gasteiger partial charge in [0.2, 0.25) is 0 Å². The van der Waals surface area contributed by atoms with Crippen molar-refractivity contribution >= 4 is 30.6 Å². The molecule has 166 valence electrons. The zero-order chi connectivity index (χ0) is 22.2. The fourth-order valence-corrected chi connectivity index (χ4v) is 2.74. The molecule has 2 heterocycles. The fraction of sp³-hybridized carbons (Fsp3) is 0.174. The first-order valence-corrected chi connectivity index (χ1v) is 9.57. The quantitative estimate of drug-likeness (QED) is 0.312. The van der Waals surface area contributed by atoms with E-state index in [1.54, 1.807) is 30.3 Å². The van der Waals surface area contributed by atoms with Crippen LogP contribution in [0.4, 0.5) is 0 Å². The maximum Gasteiger partial charge on any atom is 0.345 e. The van der Waals surface area contributed by atoms with Gasteiger partial charge >= 0.3 is 11.9 Å². The Morgan fingerprint density at radius 2 is 1.47 bits per heavy atom. The van der Waals surface area contributed by atoms with Crippen molar-refractivity contribution in [1.29, 1.82) is 0 Å².